The van der Waals surface area contributed by atoms with Gasteiger partial charge in [-0.25, -0.2) is 15.0 Å². The molecule has 15 nitrogen and oxygen atoms in total. The lowest BCUT2D eigenvalue weighted by atomic mass is 9.78. The molecule has 65 heavy (non-hydrogen) atoms. The summed E-state index contributed by atoms with van der Waals surface area (Å²) in [5.41, 5.74) is 9.38. The van der Waals surface area contributed by atoms with Crippen LogP contribution < -0.4 is 15.5 Å². The number of hydrogen-bond donors (Lipinski definition) is 5. The van der Waals surface area contributed by atoms with Crippen LogP contribution in [0, 0.1) is 18.3 Å². The van der Waals surface area contributed by atoms with Crippen molar-refractivity contribution in [2.45, 2.75) is 110 Å². The van der Waals surface area contributed by atoms with Crippen molar-refractivity contribution in [1.29, 1.82) is 0 Å². The van der Waals surface area contributed by atoms with Crippen LogP contribution >= 0.6 is 11.3 Å². The number of phenolic OH excluding ortho intramolecular Hbond substituents is 1. The number of aliphatic hydroxyl groups is 1. The van der Waals surface area contributed by atoms with E-state index in [2.05, 4.69) is 35.7 Å². The van der Waals surface area contributed by atoms with Crippen LogP contribution in [0.3, 0.4) is 0 Å². The van der Waals surface area contributed by atoms with Crippen LogP contribution in [0.15, 0.2) is 72.5 Å². The number of aromatic nitrogens is 6. The third-order valence-corrected chi connectivity index (χ3v) is 14.4. The highest BCUT2D eigenvalue weighted by Gasteiger charge is 2.45. The van der Waals surface area contributed by atoms with Crippen LogP contribution in [-0.4, -0.2) is 94.2 Å². The van der Waals surface area contributed by atoms with Gasteiger partial charge in [0, 0.05) is 54.5 Å². The number of amides is 3. The maximum absolute atomic E-state index is 14.3. The van der Waals surface area contributed by atoms with Crippen LogP contribution in [0.2, 0.25) is 0 Å². The third kappa shape index (κ3) is 9.06. The Labute approximate surface area is 382 Å². The van der Waals surface area contributed by atoms with Crippen molar-refractivity contribution in [2.24, 2.45) is 11.3 Å². The molecule has 0 unspecified atom stereocenters. The van der Waals surface area contributed by atoms with Gasteiger partial charge in [-0.1, -0.05) is 57.2 Å². The monoisotopic (exact) mass is 896 g/mol. The van der Waals surface area contributed by atoms with E-state index in [1.54, 1.807) is 23.5 Å². The van der Waals surface area contributed by atoms with Crippen molar-refractivity contribution < 1.29 is 24.6 Å². The number of anilines is 1. The summed E-state index contributed by atoms with van der Waals surface area (Å²) in [4.78, 5) is 64.1. The van der Waals surface area contributed by atoms with E-state index in [9.17, 15) is 24.6 Å². The molecule has 2 aliphatic heterocycles. The summed E-state index contributed by atoms with van der Waals surface area (Å²) in [5.74, 6) is -0.118. The molecule has 2 aromatic carbocycles. The van der Waals surface area contributed by atoms with Crippen LogP contribution in [0.25, 0.3) is 32.7 Å². The molecule has 5 N–H and O–H groups in total. The summed E-state index contributed by atoms with van der Waals surface area (Å²) in [6.45, 7) is 11.0. The highest BCUT2D eigenvalue weighted by atomic mass is 32.1. The van der Waals surface area contributed by atoms with E-state index in [1.165, 1.54) is 10.5 Å². The number of rotatable bonds is 10. The number of thiazole rings is 1. The molecule has 6 aromatic rings. The minimum Gasteiger partial charge on any atom is -0.507 e. The molecule has 9 rings (SSSR count). The zero-order chi connectivity index (χ0) is 45.6. The van der Waals surface area contributed by atoms with Crippen LogP contribution in [0.5, 0.6) is 5.75 Å². The Morgan fingerprint density at radius 2 is 1.68 bits per heavy atom. The van der Waals surface area contributed by atoms with Crippen molar-refractivity contribution in [1.82, 2.24) is 45.7 Å². The Morgan fingerprint density at radius 1 is 0.938 bits per heavy atom. The number of H-pyrrole nitrogens is 1. The number of likely N-dealkylation sites (tertiary alicyclic amines) is 1. The number of phenols is 1. The molecular weight excluding hydrogens is 841 g/mol. The maximum Gasteiger partial charge on any atom is 0.246 e. The average molecular weight is 897 g/mol. The van der Waals surface area contributed by atoms with Crippen LogP contribution in [-0.2, 0) is 27.3 Å². The second-order valence-electron chi connectivity index (χ2n) is 19.0. The number of aliphatic hydroxyl groups excluding tert-OH is 1. The summed E-state index contributed by atoms with van der Waals surface area (Å²) < 4.78 is 0. The largest absolute Gasteiger partial charge is 0.507 e. The fourth-order valence-corrected chi connectivity index (χ4v) is 10.5. The standard InChI is InChI=1S/C49H56N10O5S/c1-27(29-10-14-31(15-11-29)42-28(2)52-26-65-42)53-46(63)40-20-34(60)24-59(40)47(64)43(49(3,4)5)55-45(62)32-16-12-30(13-17-32)33-22-50-48(51-23-33)58-19-18-35-37-21-38(36-8-6-7-9-41(36)61)56-57-44(37)54-39(35)25-58/h6-11,14-15,21-23,26-27,30,32,34,40,43,60-61H,12-13,16-20,24-25H2,1-5H3,(H,53,63)(H,54,57)(H,55,62)/t27-,30-,32+,34+,40-,43+/m0/s1. The van der Waals surface area contributed by atoms with Gasteiger partial charge in [0.25, 0.3) is 0 Å². The molecule has 6 heterocycles. The second kappa shape index (κ2) is 18.0. The van der Waals surface area contributed by atoms with Crippen LogP contribution in [0.1, 0.15) is 99.8 Å². The molecule has 1 saturated heterocycles. The number of benzene rings is 2. The Balaban J connectivity index is 0.790. The zero-order valence-corrected chi connectivity index (χ0v) is 38.2. The molecule has 3 amide bonds. The zero-order valence-electron chi connectivity index (χ0n) is 37.4. The molecule has 0 spiro atoms. The lowest BCUT2D eigenvalue weighted by molar-refractivity contribution is -0.144. The SMILES string of the molecule is Cc1ncsc1-c1ccc([C@H](C)NC(=O)[C@@H]2C[C@@H](O)CN2C(=O)[C@@H](NC(=O)[C@H]2CC[C@@H](c3cnc(N4CCc5c([nH]c6nnc(-c7ccccc7O)cc56)C4)nc3)CC2)C(C)(C)C)cc1. The molecule has 1 saturated carbocycles. The number of para-hydroxylation sites is 1. The van der Waals surface area contributed by atoms with Gasteiger partial charge in [-0.2, -0.15) is 0 Å². The maximum atomic E-state index is 14.3. The number of hydrogen-bond acceptors (Lipinski definition) is 12. The van der Waals surface area contributed by atoms with Gasteiger partial charge < -0.3 is 35.6 Å². The molecule has 2 fully saturated rings. The number of β-amino-alcohol motifs (C(OH)–C–C–N with tert-alkyl or cyclic N) is 1. The van der Waals surface area contributed by atoms with Crippen molar-refractivity contribution >= 4 is 46.0 Å². The number of aryl methyl sites for hydroxylation is 1. The van der Waals surface area contributed by atoms with E-state index in [1.807, 2.05) is 95.0 Å². The van der Waals surface area contributed by atoms with Crippen molar-refractivity contribution in [2.75, 3.05) is 18.0 Å². The van der Waals surface area contributed by atoms with E-state index < -0.39 is 23.6 Å². The first-order valence-corrected chi connectivity index (χ1v) is 23.4. The van der Waals surface area contributed by atoms with Gasteiger partial charge in [-0.3, -0.25) is 14.4 Å². The number of fused-ring (bicyclic) bond motifs is 3. The van der Waals surface area contributed by atoms with Crippen LogP contribution in [0.4, 0.5) is 5.95 Å². The molecule has 338 valence electrons. The van der Waals surface area contributed by atoms with Gasteiger partial charge in [0.1, 0.15) is 17.8 Å². The highest BCUT2D eigenvalue weighted by Crippen LogP contribution is 2.38. The summed E-state index contributed by atoms with van der Waals surface area (Å²) >= 11 is 1.58. The summed E-state index contributed by atoms with van der Waals surface area (Å²) in [6.07, 6.45) is 6.74. The quantitative estimate of drug-likeness (QED) is 0.0973. The smallest absolute Gasteiger partial charge is 0.246 e. The number of nitrogens with one attached hydrogen (secondary N) is 3. The number of carbonyl (C=O) groups excluding carboxylic acids is 3. The van der Waals surface area contributed by atoms with Gasteiger partial charge in [0.2, 0.25) is 23.7 Å². The summed E-state index contributed by atoms with van der Waals surface area (Å²) in [6, 6.07) is 15.0. The minimum absolute atomic E-state index is 0.0162. The molecule has 3 aliphatic rings. The Kier molecular flexibility index (Phi) is 12.1. The topological polar surface area (TPSA) is 202 Å². The van der Waals surface area contributed by atoms with Crippen molar-refractivity contribution in [3.63, 3.8) is 0 Å². The predicted molar refractivity (Wildman–Crippen MR) is 249 cm³/mol. The van der Waals surface area contributed by atoms with E-state index in [0.717, 1.165) is 64.1 Å². The first kappa shape index (κ1) is 44.0. The van der Waals surface area contributed by atoms with Gasteiger partial charge in [0.05, 0.1) is 40.5 Å². The van der Waals surface area contributed by atoms with E-state index in [0.29, 0.717) is 42.2 Å². The number of carbonyl (C=O) groups is 3. The predicted octanol–water partition coefficient (Wildman–Crippen LogP) is 6.76. The van der Waals surface area contributed by atoms with E-state index >= 15 is 0 Å². The lowest BCUT2D eigenvalue weighted by Gasteiger charge is -2.37. The Morgan fingerprint density at radius 3 is 2.37 bits per heavy atom. The van der Waals surface area contributed by atoms with E-state index in [-0.39, 0.29) is 54.3 Å². The molecular formula is C49H56N10O5S. The fraction of sp³-hybridized carbons (Fsp3) is 0.429. The third-order valence-electron chi connectivity index (χ3n) is 13.5. The molecule has 4 aromatic heterocycles. The van der Waals surface area contributed by atoms with Crippen molar-refractivity contribution in [3.8, 4) is 27.4 Å². The number of nitrogens with zero attached hydrogens (tertiary/aromatic N) is 7. The molecule has 0 bridgehead atoms. The first-order chi connectivity index (χ1) is 31.2. The van der Waals surface area contributed by atoms with E-state index in [4.69, 9.17) is 9.97 Å². The molecule has 1 aliphatic carbocycles. The van der Waals surface area contributed by atoms with Gasteiger partial charge in [0.15, 0.2) is 5.65 Å². The Hall–Kier alpha value is -6.26. The molecule has 4 atom stereocenters. The molecule has 16 heteroatoms. The van der Waals surface area contributed by atoms with Gasteiger partial charge >= 0.3 is 0 Å². The number of aromatic amines is 1. The summed E-state index contributed by atoms with van der Waals surface area (Å²) in [7, 11) is 0. The molecule has 0 radical (unpaired) electrons. The fourth-order valence-electron chi connectivity index (χ4n) is 9.69. The lowest BCUT2D eigenvalue weighted by Crippen LogP contribution is -2.58. The number of aromatic hydroxyl groups is 1. The van der Waals surface area contributed by atoms with Crippen molar-refractivity contribution in [3.05, 3.63) is 101 Å². The Bertz CT molecular complexity index is 2700. The van der Waals surface area contributed by atoms with Gasteiger partial charge in [-0.15, -0.1) is 21.5 Å². The van der Waals surface area contributed by atoms with Gasteiger partial charge in [-0.05, 0) is 97.7 Å². The summed E-state index contributed by atoms with van der Waals surface area (Å²) in [5, 5.41) is 37.1. The average Bonchev–Trinajstić information content (AvgIpc) is 4.03. The second-order valence-corrected chi connectivity index (χ2v) is 19.8. The first-order valence-electron chi connectivity index (χ1n) is 22.5. The normalized spacial score (nSPS) is 20.9. The highest BCUT2D eigenvalue weighted by molar-refractivity contribution is 7.13. The minimum atomic E-state index is -0.890.